The molecule has 2 aromatic rings. The van der Waals surface area contributed by atoms with Gasteiger partial charge in [-0.05, 0) is 32.9 Å². The van der Waals surface area contributed by atoms with Crippen molar-refractivity contribution in [2.75, 3.05) is 0 Å². The highest BCUT2D eigenvalue weighted by molar-refractivity contribution is 5.11. The van der Waals surface area contributed by atoms with Gasteiger partial charge in [-0.15, -0.1) is 0 Å². The molecular weight excluding hydrogens is 252 g/mol. The molecule has 0 saturated heterocycles. The lowest BCUT2D eigenvalue weighted by Gasteiger charge is -2.17. The van der Waals surface area contributed by atoms with Crippen LogP contribution in [0.3, 0.4) is 0 Å². The van der Waals surface area contributed by atoms with Gasteiger partial charge in [-0.1, -0.05) is 20.8 Å². The van der Waals surface area contributed by atoms with Gasteiger partial charge < -0.3 is 8.83 Å². The summed E-state index contributed by atoms with van der Waals surface area (Å²) in [5.41, 5.74) is -0.0191. The minimum Gasteiger partial charge on any atom is -0.465 e. The van der Waals surface area contributed by atoms with E-state index in [1.165, 1.54) is 0 Å². The van der Waals surface area contributed by atoms with Crippen LogP contribution >= 0.6 is 0 Å². The van der Waals surface area contributed by atoms with Crippen LogP contribution in [0.1, 0.15) is 69.9 Å². The first-order valence-corrected chi connectivity index (χ1v) is 7.06. The van der Waals surface area contributed by atoms with E-state index in [1.54, 1.807) is 0 Å². The van der Waals surface area contributed by atoms with E-state index in [0.717, 1.165) is 17.3 Å². The van der Waals surface area contributed by atoms with E-state index in [-0.39, 0.29) is 17.5 Å². The van der Waals surface area contributed by atoms with Crippen molar-refractivity contribution in [3.63, 3.8) is 0 Å². The molecule has 0 aliphatic rings. The van der Waals surface area contributed by atoms with Crippen molar-refractivity contribution in [3.05, 3.63) is 41.5 Å². The molecule has 110 valence electrons. The lowest BCUT2D eigenvalue weighted by molar-refractivity contribution is 0.326. The highest BCUT2D eigenvalue weighted by Crippen LogP contribution is 2.26. The van der Waals surface area contributed by atoms with E-state index >= 15 is 0 Å². The average molecular weight is 276 g/mol. The number of aryl methyl sites for hydroxylation is 1. The zero-order chi connectivity index (χ0) is 14.9. The quantitative estimate of drug-likeness (QED) is 0.905. The van der Waals surface area contributed by atoms with E-state index in [4.69, 9.17) is 8.83 Å². The van der Waals surface area contributed by atoms with Crippen LogP contribution in [0.4, 0.5) is 0 Å². The summed E-state index contributed by atoms with van der Waals surface area (Å²) < 4.78 is 11.5. The Balaban J connectivity index is 2.04. The van der Waals surface area contributed by atoms with Gasteiger partial charge in [-0.3, -0.25) is 5.32 Å². The Hall–Kier alpha value is -1.55. The zero-order valence-electron chi connectivity index (χ0n) is 13.2. The van der Waals surface area contributed by atoms with Crippen molar-refractivity contribution in [2.45, 2.75) is 59.0 Å². The molecule has 2 rings (SSSR count). The molecule has 2 aromatic heterocycles. The second-order valence-corrected chi connectivity index (χ2v) is 6.37. The first-order valence-electron chi connectivity index (χ1n) is 7.06. The third-order valence-corrected chi connectivity index (χ3v) is 3.32. The van der Waals surface area contributed by atoms with Crippen molar-refractivity contribution in [1.29, 1.82) is 0 Å². The van der Waals surface area contributed by atoms with Gasteiger partial charge in [0, 0.05) is 5.41 Å². The molecule has 0 fully saturated rings. The standard InChI is InChI=1S/C16H24N2O2/c1-10-7-8-13(19-10)11(2)18-12(3)15-17-9-14(20-15)16(4,5)6/h7-9,11-12,18H,1-6H3/t11-,12-/m1/s1. The lowest BCUT2D eigenvalue weighted by Crippen LogP contribution is -2.22. The van der Waals surface area contributed by atoms with Gasteiger partial charge in [-0.25, -0.2) is 4.98 Å². The summed E-state index contributed by atoms with van der Waals surface area (Å²) in [6.07, 6.45) is 1.81. The predicted molar refractivity (Wildman–Crippen MR) is 78.6 cm³/mol. The fraction of sp³-hybridized carbons (Fsp3) is 0.562. The third kappa shape index (κ3) is 3.31. The maximum atomic E-state index is 5.85. The molecule has 0 aromatic carbocycles. The molecule has 2 heterocycles. The number of aromatic nitrogens is 1. The maximum Gasteiger partial charge on any atom is 0.211 e. The number of furan rings is 1. The van der Waals surface area contributed by atoms with Crippen molar-refractivity contribution >= 4 is 0 Å². The Morgan fingerprint density at radius 2 is 1.80 bits per heavy atom. The number of nitrogens with one attached hydrogen (secondary N) is 1. The normalized spacial score (nSPS) is 15.3. The van der Waals surface area contributed by atoms with E-state index < -0.39 is 0 Å². The average Bonchev–Trinajstić information content (AvgIpc) is 2.95. The summed E-state index contributed by atoms with van der Waals surface area (Å²) in [7, 11) is 0. The van der Waals surface area contributed by atoms with Gasteiger partial charge in [0.2, 0.25) is 5.89 Å². The Morgan fingerprint density at radius 1 is 1.10 bits per heavy atom. The molecule has 0 unspecified atom stereocenters. The molecular formula is C16H24N2O2. The van der Waals surface area contributed by atoms with Crippen LogP contribution in [0.25, 0.3) is 0 Å². The largest absolute Gasteiger partial charge is 0.465 e. The fourth-order valence-electron chi connectivity index (χ4n) is 2.05. The topological polar surface area (TPSA) is 51.2 Å². The SMILES string of the molecule is Cc1ccc([C@@H](C)N[C@H](C)c2ncc(C(C)(C)C)o2)o1. The number of oxazole rings is 1. The molecule has 20 heavy (non-hydrogen) atoms. The van der Waals surface area contributed by atoms with Crippen molar-refractivity contribution < 1.29 is 8.83 Å². The maximum absolute atomic E-state index is 5.85. The van der Waals surface area contributed by atoms with E-state index in [1.807, 2.05) is 32.2 Å². The Morgan fingerprint density at radius 3 is 2.30 bits per heavy atom. The molecule has 0 spiro atoms. The first kappa shape index (κ1) is 14.9. The monoisotopic (exact) mass is 276 g/mol. The van der Waals surface area contributed by atoms with Gasteiger partial charge in [0.1, 0.15) is 17.3 Å². The van der Waals surface area contributed by atoms with Gasteiger partial charge in [-0.2, -0.15) is 0 Å². The number of rotatable bonds is 4. The van der Waals surface area contributed by atoms with Crippen LogP contribution in [-0.4, -0.2) is 4.98 Å². The molecule has 1 N–H and O–H groups in total. The van der Waals surface area contributed by atoms with E-state index in [0.29, 0.717) is 5.89 Å². The molecule has 0 amide bonds. The van der Waals surface area contributed by atoms with Crippen LogP contribution in [0, 0.1) is 6.92 Å². The Labute approximate surface area is 120 Å². The van der Waals surface area contributed by atoms with Crippen LogP contribution in [-0.2, 0) is 5.41 Å². The zero-order valence-corrected chi connectivity index (χ0v) is 13.2. The number of hydrogen-bond donors (Lipinski definition) is 1. The van der Waals surface area contributed by atoms with Crippen LogP contribution < -0.4 is 5.32 Å². The third-order valence-electron chi connectivity index (χ3n) is 3.32. The van der Waals surface area contributed by atoms with Gasteiger partial charge in [0.25, 0.3) is 0 Å². The molecule has 4 nitrogen and oxygen atoms in total. The van der Waals surface area contributed by atoms with Crippen LogP contribution in [0.15, 0.2) is 27.2 Å². The van der Waals surface area contributed by atoms with Crippen molar-refractivity contribution in [1.82, 2.24) is 10.3 Å². The first-order chi connectivity index (χ1) is 9.27. The molecule has 0 aliphatic carbocycles. The predicted octanol–water partition coefficient (Wildman–Crippen LogP) is 4.29. The summed E-state index contributed by atoms with van der Waals surface area (Å²) in [6, 6.07) is 4.12. The van der Waals surface area contributed by atoms with Gasteiger partial charge in [0.05, 0.1) is 18.3 Å². The lowest BCUT2D eigenvalue weighted by atomic mass is 9.94. The van der Waals surface area contributed by atoms with Crippen LogP contribution in [0.2, 0.25) is 0 Å². The van der Waals surface area contributed by atoms with Gasteiger partial charge >= 0.3 is 0 Å². The number of nitrogens with zero attached hydrogens (tertiary/aromatic N) is 1. The second kappa shape index (κ2) is 5.44. The van der Waals surface area contributed by atoms with E-state index in [2.05, 4.69) is 38.0 Å². The summed E-state index contributed by atoms with van der Waals surface area (Å²) in [4.78, 5) is 4.37. The molecule has 2 atom stereocenters. The van der Waals surface area contributed by atoms with Crippen molar-refractivity contribution in [2.24, 2.45) is 0 Å². The molecule has 0 aliphatic heterocycles. The molecule has 4 heteroatoms. The smallest absolute Gasteiger partial charge is 0.211 e. The Kier molecular flexibility index (Phi) is 4.04. The minimum absolute atomic E-state index is 0.0191. The fourth-order valence-corrected chi connectivity index (χ4v) is 2.05. The van der Waals surface area contributed by atoms with Crippen molar-refractivity contribution in [3.8, 4) is 0 Å². The highest BCUT2D eigenvalue weighted by Gasteiger charge is 2.22. The Bertz CT molecular complexity index is 563. The second-order valence-electron chi connectivity index (χ2n) is 6.37. The highest BCUT2D eigenvalue weighted by atomic mass is 16.4. The number of hydrogen-bond acceptors (Lipinski definition) is 4. The van der Waals surface area contributed by atoms with Crippen LogP contribution in [0.5, 0.6) is 0 Å². The summed E-state index contributed by atoms with van der Waals surface area (Å²) >= 11 is 0. The summed E-state index contributed by atoms with van der Waals surface area (Å²) in [6.45, 7) is 12.4. The molecule has 0 radical (unpaired) electrons. The summed E-state index contributed by atoms with van der Waals surface area (Å²) in [5.74, 6) is 3.47. The van der Waals surface area contributed by atoms with Gasteiger partial charge in [0.15, 0.2) is 0 Å². The minimum atomic E-state index is -0.0191. The summed E-state index contributed by atoms with van der Waals surface area (Å²) in [5, 5.41) is 3.44. The molecule has 0 bridgehead atoms. The molecule has 0 saturated carbocycles. The van der Waals surface area contributed by atoms with E-state index in [9.17, 15) is 0 Å².